The lowest BCUT2D eigenvalue weighted by atomic mass is 10.1. The first-order valence-electron chi connectivity index (χ1n) is 5.38. The van der Waals surface area contributed by atoms with Crippen LogP contribution < -0.4 is 11.1 Å². The summed E-state index contributed by atoms with van der Waals surface area (Å²) in [7, 11) is 3.32. The Morgan fingerprint density at radius 3 is 2.61 bits per heavy atom. The maximum atomic E-state index is 12.2. The molecule has 0 fully saturated rings. The first kappa shape index (κ1) is 11.1. The van der Waals surface area contributed by atoms with E-state index in [4.69, 9.17) is 11.6 Å². The van der Waals surface area contributed by atoms with E-state index in [1.165, 1.54) is 9.25 Å². The largest absolute Gasteiger partial charge is 0.310 e. The number of nitrogens with one attached hydrogen (secondary N) is 1. The van der Waals surface area contributed by atoms with Gasteiger partial charge in [-0.1, -0.05) is 17.7 Å². The summed E-state index contributed by atoms with van der Waals surface area (Å²) in [6.45, 7) is 0. The van der Waals surface area contributed by atoms with Gasteiger partial charge in [0.25, 0.3) is 11.1 Å². The highest BCUT2D eigenvalue weighted by Crippen LogP contribution is 2.27. The number of hydrogen-bond acceptors (Lipinski definition) is 2. The van der Waals surface area contributed by atoms with Crippen molar-refractivity contribution in [3.05, 3.63) is 43.9 Å². The molecular weight excluding hydrogens is 254 g/mol. The van der Waals surface area contributed by atoms with Crippen molar-refractivity contribution in [2.45, 2.75) is 0 Å². The average molecular weight is 264 g/mol. The smallest absolute Gasteiger partial charge is 0.277 e. The Balaban J connectivity index is 2.86. The maximum Gasteiger partial charge on any atom is 0.277 e. The van der Waals surface area contributed by atoms with Crippen LogP contribution in [0.25, 0.3) is 21.8 Å². The molecule has 3 rings (SSSR count). The fourth-order valence-electron chi connectivity index (χ4n) is 2.33. The van der Waals surface area contributed by atoms with Crippen LogP contribution in [0.1, 0.15) is 0 Å². The lowest BCUT2D eigenvalue weighted by Gasteiger charge is -2.08. The number of hydrogen-bond donors (Lipinski definition) is 1. The molecule has 0 aliphatic carbocycles. The van der Waals surface area contributed by atoms with E-state index in [9.17, 15) is 9.59 Å². The minimum absolute atomic E-state index is 0.139. The van der Waals surface area contributed by atoms with Gasteiger partial charge in [0.2, 0.25) is 0 Å². The lowest BCUT2D eigenvalue weighted by molar-refractivity contribution is 0.785. The first-order valence-corrected chi connectivity index (χ1v) is 5.76. The van der Waals surface area contributed by atoms with E-state index in [0.717, 1.165) is 0 Å². The predicted molar refractivity (Wildman–Crippen MR) is 71.3 cm³/mol. The molecular formula is C12H10ClN3O2. The number of aryl methyl sites for hydroxylation is 2. The quantitative estimate of drug-likeness (QED) is 0.666. The normalized spacial score (nSPS) is 11.5. The summed E-state index contributed by atoms with van der Waals surface area (Å²) >= 11 is 6.20. The van der Waals surface area contributed by atoms with Crippen molar-refractivity contribution < 1.29 is 0 Å². The molecule has 0 radical (unpaired) electrons. The van der Waals surface area contributed by atoms with Crippen molar-refractivity contribution in [2.24, 2.45) is 14.1 Å². The molecule has 2 aromatic heterocycles. The van der Waals surface area contributed by atoms with Crippen LogP contribution in [0.2, 0.25) is 5.02 Å². The average Bonchev–Trinajstić information content (AvgIpc) is 2.61. The molecule has 5 nitrogen and oxygen atoms in total. The number of aromatic nitrogens is 3. The Morgan fingerprint density at radius 2 is 1.89 bits per heavy atom. The van der Waals surface area contributed by atoms with Gasteiger partial charge >= 0.3 is 0 Å². The van der Waals surface area contributed by atoms with E-state index in [2.05, 4.69) is 5.10 Å². The fourth-order valence-corrected chi connectivity index (χ4v) is 2.59. The number of rotatable bonds is 0. The van der Waals surface area contributed by atoms with Crippen molar-refractivity contribution in [1.82, 2.24) is 14.3 Å². The van der Waals surface area contributed by atoms with E-state index in [0.29, 0.717) is 21.4 Å². The molecule has 18 heavy (non-hydrogen) atoms. The van der Waals surface area contributed by atoms with Crippen molar-refractivity contribution in [3.8, 4) is 0 Å². The Morgan fingerprint density at radius 1 is 1.17 bits per heavy atom. The third-order valence-corrected chi connectivity index (χ3v) is 3.49. The van der Waals surface area contributed by atoms with Gasteiger partial charge in [0.05, 0.1) is 16.1 Å². The molecule has 0 unspecified atom stereocenters. The standard InChI is InChI=1S/C12H10ClN3O2/c1-15-7-5-3-4-6(13)8(7)10-9(12(15)18)11(17)14-16(10)2/h3-5H,1-2H3,(H,14,17). The van der Waals surface area contributed by atoms with Crippen molar-refractivity contribution in [2.75, 3.05) is 0 Å². The van der Waals surface area contributed by atoms with Crippen LogP contribution in [0.3, 0.4) is 0 Å². The number of fused-ring (bicyclic) bond motifs is 3. The summed E-state index contributed by atoms with van der Waals surface area (Å²) in [5, 5.41) is 3.95. The van der Waals surface area contributed by atoms with E-state index in [1.807, 2.05) is 0 Å². The molecule has 0 saturated carbocycles. The second-order valence-electron chi connectivity index (χ2n) is 4.22. The molecule has 0 bridgehead atoms. The van der Waals surface area contributed by atoms with Crippen LogP contribution in [0.4, 0.5) is 0 Å². The summed E-state index contributed by atoms with van der Waals surface area (Å²) in [5.74, 6) is 0. The second kappa shape index (κ2) is 3.49. The number of halogens is 1. The van der Waals surface area contributed by atoms with Crippen LogP contribution in [0.15, 0.2) is 27.8 Å². The molecule has 0 spiro atoms. The van der Waals surface area contributed by atoms with Crippen LogP contribution in [0.5, 0.6) is 0 Å². The summed E-state index contributed by atoms with van der Waals surface area (Å²) in [4.78, 5) is 24.0. The van der Waals surface area contributed by atoms with E-state index in [1.54, 1.807) is 32.3 Å². The van der Waals surface area contributed by atoms with Crippen LogP contribution in [-0.4, -0.2) is 14.3 Å². The lowest BCUT2D eigenvalue weighted by Crippen LogP contribution is -2.21. The van der Waals surface area contributed by atoms with Gasteiger partial charge in [0.15, 0.2) is 0 Å². The van der Waals surface area contributed by atoms with Gasteiger partial charge in [0.1, 0.15) is 5.39 Å². The van der Waals surface area contributed by atoms with E-state index >= 15 is 0 Å². The summed E-state index contributed by atoms with van der Waals surface area (Å²) in [5.41, 5.74) is 0.537. The zero-order valence-corrected chi connectivity index (χ0v) is 10.6. The summed E-state index contributed by atoms with van der Waals surface area (Å²) in [6.07, 6.45) is 0. The number of H-pyrrole nitrogens is 1. The summed E-state index contributed by atoms with van der Waals surface area (Å²) < 4.78 is 2.98. The van der Waals surface area contributed by atoms with Crippen molar-refractivity contribution in [3.63, 3.8) is 0 Å². The Hall–Kier alpha value is -2.01. The van der Waals surface area contributed by atoms with E-state index in [-0.39, 0.29) is 10.9 Å². The minimum Gasteiger partial charge on any atom is -0.310 e. The molecule has 0 saturated heterocycles. The molecule has 0 atom stereocenters. The molecule has 1 N–H and O–H groups in total. The Bertz CT molecular complexity index is 901. The van der Waals surface area contributed by atoms with E-state index < -0.39 is 5.56 Å². The maximum absolute atomic E-state index is 12.2. The zero-order valence-electron chi connectivity index (χ0n) is 9.82. The number of nitrogens with zero attached hydrogens (tertiary/aromatic N) is 2. The van der Waals surface area contributed by atoms with Gasteiger partial charge in [-0.05, 0) is 12.1 Å². The molecule has 2 heterocycles. The summed E-state index contributed by atoms with van der Waals surface area (Å²) in [6, 6.07) is 5.32. The fraction of sp³-hybridized carbons (Fsp3) is 0.167. The third-order valence-electron chi connectivity index (χ3n) is 3.18. The van der Waals surface area contributed by atoms with Crippen molar-refractivity contribution >= 4 is 33.4 Å². The molecule has 6 heteroatoms. The monoisotopic (exact) mass is 263 g/mol. The van der Waals surface area contributed by atoms with Gasteiger partial charge in [-0.25, -0.2) is 0 Å². The SMILES string of the molecule is Cn1[nH]c(=O)c2c(=O)n(C)c3cccc(Cl)c3c21. The highest BCUT2D eigenvalue weighted by Gasteiger charge is 2.16. The second-order valence-corrected chi connectivity index (χ2v) is 4.63. The number of aromatic amines is 1. The number of pyridine rings is 1. The molecule has 92 valence electrons. The zero-order chi connectivity index (χ0) is 13.0. The van der Waals surface area contributed by atoms with Gasteiger partial charge in [-0.15, -0.1) is 0 Å². The highest BCUT2D eigenvalue weighted by atomic mass is 35.5. The Labute approximate surface area is 106 Å². The van der Waals surface area contributed by atoms with Crippen molar-refractivity contribution in [1.29, 1.82) is 0 Å². The van der Waals surface area contributed by atoms with Gasteiger partial charge < -0.3 is 4.57 Å². The first-order chi connectivity index (χ1) is 8.52. The van der Waals surface area contributed by atoms with Crippen LogP contribution >= 0.6 is 11.6 Å². The Kier molecular flexibility index (Phi) is 2.15. The number of benzene rings is 1. The molecule has 0 aliphatic rings. The molecule has 0 aliphatic heterocycles. The minimum atomic E-state index is -0.394. The van der Waals surface area contributed by atoms with Gasteiger partial charge in [-0.3, -0.25) is 19.4 Å². The van der Waals surface area contributed by atoms with Gasteiger partial charge in [-0.2, -0.15) is 0 Å². The van der Waals surface area contributed by atoms with Crippen LogP contribution in [-0.2, 0) is 14.1 Å². The molecule has 0 amide bonds. The van der Waals surface area contributed by atoms with Crippen LogP contribution in [0, 0.1) is 0 Å². The molecule has 3 aromatic rings. The topological polar surface area (TPSA) is 59.8 Å². The highest BCUT2D eigenvalue weighted by molar-refractivity contribution is 6.37. The molecule has 1 aromatic carbocycles. The van der Waals surface area contributed by atoms with Gasteiger partial charge in [0, 0.05) is 19.5 Å². The third kappa shape index (κ3) is 1.22. The predicted octanol–water partition coefficient (Wildman–Crippen LogP) is 1.37.